The molecule has 258 valence electrons. The Labute approximate surface area is 292 Å². The number of piperidine rings is 3. The number of phenolic OH excluding ortho intramolecular Hbond substituents is 1. The van der Waals surface area contributed by atoms with Gasteiger partial charge in [-0.05, 0) is 86.4 Å². The van der Waals surface area contributed by atoms with Gasteiger partial charge in [-0.25, -0.2) is 0 Å². The van der Waals surface area contributed by atoms with E-state index in [1.54, 1.807) is 18.3 Å². The van der Waals surface area contributed by atoms with E-state index in [-0.39, 0.29) is 35.5 Å². The van der Waals surface area contributed by atoms with E-state index >= 15 is 0 Å². The average molecular weight is 674 g/mol. The van der Waals surface area contributed by atoms with E-state index in [1.165, 1.54) is 0 Å². The van der Waals surface area contributed by atoms with Crippen LogP contribution >= 0.6 is 0 Å². The van der Waals surface area contributed by atoms with Crippen LogP contribution in [0, 0.1) is 5.92 Å². The van der Waals surface area contributed by atoms with Gasteiger partial charge in [0.2, 0.25) is 17.7 Å². The second-order valence-corrected chi connectivity index (χ2v) is 13.8. The maximum Gasteiger partial charge on any atom is 0.234 e. The number of aromatic hydroxyl groups is 1. The van der Waals surface area contributed by atoms with Crippen LogP contribution in [0.2, 0.25) is 0 Å². The molecule has 0 saturated carbocycles. The van der Waals surface area contributed by atoms with Gasteiger partial charge in [0.15, 0.2) is 0 Å². The molecule has 10 heteroatoms. The maximum atomic E-state index is 14.5. The van der Waals surface area contributed by atoms with Crippen molar-refractivity contribution in [3.8, 4) is 22.8 Å². The first-order chi connectivity index (χ1) is 24.3. The number of aromatic nitrogens is 2. The van der Waals surface area contributed by atoms with E-state index in [2.05, 4.69) is 44.4 Å². The molecular formula is C40H43N5O5. The van der Waals surface area contributed by atoms with Crippen molar-refractivity contribution in [2.45, 2.75) is 62.9 Å². The summed E-state index contributed by atoms with van der Waals surface area (Å²) in [7, 11) is 0. The van der Waals surface area contributed by atoms with Gasteiger partial charge in [-0.3, -0.25) is 19.7 Å². The van der Waals surface area contributed by atoms with Crippen LogP contribution in [0.15, 0.2) is 91.1 Å². The lowest BCUT2D eigenvalue weighted by molar-refractivity contribution is -0.140. The summed E-state index contributed by atoms with van der Waals surface area (Å²) in [6, 6.07) is 26.9. The fraction of sp³-hybridized carbons (Fsp3) is 0.375. The highest BCUT2D eigenvalue weighted by Gasteiger charge is 2.46. The first kappa shape index (κ1) is 33.3. The molecule has 0 spiro atoms. The number of benzene rings is 3. The Morgan fingerprint density at radius 2 is 1.62 bits per heavy atom. The Morgan fingerprint density at radius 1 is 0.920 bits per heavy atom. The lowest BCUT2D eigenvalue weighted by atomic mass is 9.71. The van der Waals surface area contributed by atoms with E-state index < -0.39 is 5.41 Å². The van der Waals surface area contributed by atoms with E-state index in [1.807, 2.05) is 60.7 Å². The summed E-state index contributed by atoms with van der Waals surface area (Å²) in [6.07, 6.45) is 5.66. The highest BCUT2D eigenvalue weighted by molar-refractivity contribution is 6.01. The summed E-state index contributed by atoms with van der Waals surface area (Å²) in [6.45, 7) is 4.84. The van der Waals surface area contributed by atoms with Gasteiger partial charge in [-0.2, -0.15) is 10.2 Å². The zero-order chi connectivity index (χ0) is 34.7. The lowest BCUT2D eigenvalue weighted by Gasteiger charge is -2.45. The molecule has 2 N–H and O–H groups in total. The molecule has 50 heavy (non-hydrogen) atoms. The minimum atomic E-state index is -0.613. The molecule has 3 aliphatic heterocycles. The topological polar surface area (TPSA) is 125 Å². The van der Waals surface area contributed by atoms with Crippen molar-refractivity contribution < 1.29 is 24.2 Å². The number of carbonyl (C=O) groups is 3. The number of anilines is 1. The van der Waals surface area contributed by atoms with Gasteiger partial charge in [0.1, 0.15) is 11.5 Å². The molecule has 1 aromatic heterocycles. The lowest BCUT2D eigenvalue weighted by Crippen LogP contribution is -2.55. The summed E-state index contributed by atoms with van der Waals surface area (Å²) < 4.78 is 6.35. The number of likely N-dealkylation sites (tertiary alicyclic amines) is 1. The minimum Gasteiger partial charge on any atom is -0.507 e. The van der Waals surface area contributed by atoms with Crippen molar-refractivity contribution in [2.75, 3.05) is 31.1 Å². The molecule has 0 bridgehead atoms. The van der Waals surface area contributed by atoms with E-state index in [0.717, 1.165) is 35.4 Å². The molecule has 3 aromatic carbocycles. The molecule has 4 aromatic rings. The zero-order valence-electron chi connectivity index (χ0n) is 28.3. The van der Waals surface area contributed by atoms with Gasteiger partial charge < -0.3 is 19.6 Å². The predicted molar refractivity (Wildman–Crippen MR) is 190 cm³/mol. The number of carbonyl (C=O) groups excluding carboxylic acids is 3. The quantitative estimate of drug-likeness (QED) is 0.231. The number of para-hydroxylation sites is 1. The number of nitrogens with zero attached hydrogens (tertiary/aromatic N) is 4. The number of nitrogens with one attached hydrogen (secondary N) is 1. The Morgan fingerprint density at radius 3 is 2.32 bits per heavy atom. The van der Waals surface area contributed by atoms with Crippen LogP contribution in [0.5, 0.6) is 11.5 Å². The molecular weight excluding hydrogens is 630 g/mol. The molecule has 7 rings (SSSR count). The van der Waals surface area contributed by atoms with Crippen molar-refractivity contribution in [2.24, 2.45) is 5.92 Å². The molecule has 3 fully saturated rings. The monoisotopic (exact) mass is 673 g/mol. The number of ether oxygens (including phenoxy) is 1. The van der Waals surface area contributed by atoms with Crippen molar-refractivity contribution >= 4 is 23.4 Å². The van der Waals surface area contributed by atoms with Crippen molar-refractivity contribution in [3.63, 3.8) is 0 Å². The van der Waals surface area contributed by atoms with Crippen LogP contribution in [0.4, 0.5) is 5.69 Å². The normalized spacial score (nSPS) is 20.2. The van der Waals surface area contributed by atoms with Gasteiger partial charge in [-0.1, -0.05) is 54.6 Å². The highest BCUT2D eigenvalue weighted by atomic mass is 16.5. The summed E-state index contributed by atoms with van der Waals surface area (Å²) in [5.74, 6) is 0.643. The molecule has 3 aliphatic rings. The van der Waals surface area contributed by atoms with Gasteiger partial charge >= 0.3 is 0 Å². The van der Waals surface area contributed by atoms with E-state index in [4.69, 9.17) is 4.74 Å². The fourth-order valence-corrected chi connectivity index (χ4v) is 7.86. The van der Waals surface area contributed by atoms with Crippen molar-refractivity contribution in [1.29, 1.82) is 0 Å². The Balaban J connectivity index is 0.986. The first-order valence-electron chi connectivity index (χ1n) is 17.6. The van der Waals surface area contributed by atoms with Crippen molar-refractivity contribution in [3.05, 3.63) is 102 Å². The molecule has 3 amide bonds. The fourth-order valence-electron chi connectivity index (χ4n) is 7.86. The number of phenols is 1. The standard InChI is InChI=1S/C40H43N5O5/c1-27(50-32-13-11-29(12-14-32)33-15-16-37(47)42-38(33)48)28-17-21-45(22-18-28)39(49)40(30-7-3-2-4-8-30)19-23-44(24-20-40)31-25-35(43-41-26-31)34-9-5-6-10-36(34)46/h2-14,25-28,33,46H,15-24H2,1H3,(H,42,47,48)/t27-,33?/m1/s1. The molecule has 0 radical (unpaired) electrons. The Kier molecular flexibility index (Phi) is 9.52. The number of imide groups is 1. The van der Waals surface area contributed by atoms with Crippen molar-refractivity contribution in [1.82, 2.24) is 20.4 Å². The zero-order valence-corrected chi connectivity index (χ0v) is 28.3. The third-order valence-corrected chi connectivity index (χ3v) is 10.9. The Hall–Kier alpha value is -5.25. The van der Waals surface area contributed by atoms with Gasteiger partial charge in [0.25, 0.3) is 0 Å². The summed E-state index contributed by atoms with van der Waals surface area (Å²) in [4.78, 5) is 42.7. The third kappa shape index (κ3) is 6.79. The third-order valence-electron chi connectivity index (χ3n) is 10.9. The second-order valence-electron chi connectivity index (χ2n) is 13.8. The van der Waals surface area contributed by atoms with Crippen LogP contribution in [-0.2, 0) is 19.8 Å². The van der Waals surface area contributed by atoms with E-state index in [0.29, 0.717) is 69.0 Å². The van der Waals surface area contributed by atoms with Crippen LogP contribution in [0.1, 0.15) is 62.5 Å². The molecule has 2 atom stereocenters. The maximum absolute atomic E-state index is 14.5. The molecule has 10 nitrogen and oxygen atoms in total. The second kappa shape index (κ2) is 14.3. The van der Waals surface area contributed by atoms with Crippen LogP contribution in [0.25, 0.3) is 11.3 Å². The summed E-state index contributed by atoms with van der Waals surface area (Å²) in [5, 5.41) is 21.3. The number of amides is 3. The first-order valence-corrected chi connectivity index (χ1v) is 17.6. The van der Waals surface area contributed by atoms with Crippen LogP contribution in [-0.4, -0.2) is 70.2 Å². The average Bonchev–Trinajstić information content (AvgIpc) is 3.16. The van der Waals surface area contributed by atoms with E-state index in [9.17, 15) is 19.5 Å². The SMILES string of the molecule is C[C@@H](Oc1ccc(C2CCC(=O)NC2=O)cc1)C1CCN(C(=O)C2(c3ccccc3)CCN(c3cnnc(-c4ccccc4O)c3)CC2)CC1. The van der Waals surface area contributed by atoms with Crippen LogP contribution < -0.4 is 15.0 Å². The van der Waals surface area contributed by atoms with Gasteiger partial charge in [0.05, 0.1) is 35.0 Å². The number of rotatable bonds is 8. The van der Waals surface area contributed by atoms with Crippen LogP contribution in [0.3, 0.4) is 0 Å². The number of hydrogen-bond donors (Lipinski definition) is 2. The molecule has 1 unspecified atom stereocenters. The molecule has 3 saturated heterocycles. The van der Waals surface area contributed by atoms with Gasteiger partial charge in [0, 0.05) is 38.2 Å². The minimum absolute atomic E-state index is 0.0308. The Bertz CT molecular complexity index is 1830. The highest BCUT2D eigenvalue weighted by Crippen LogP contribution is 2.40. The number of hydrogen-bond acceptors (Lipinski definition) is 8. The predicted octanol–water partition coefficient (Wildman–Crippen LogP) is 5.61. The summed E-state index contributed by atoms with van der Waals surface area (Å²) >= 11 is 0. The van der Waals surface area contributed by atoms with Gasteiger partial charge in [-0.15, -0.1) is 0 Å². The molecule has 0 aliphatic carbocycles. The largest absolute Gasteiger partial charge is 0.507 e. The molecule has 4 heterocycles. The smallest absolute Gasteiger partial charge is 0.234 e. The summed E-state index contributed by atoms with van der Waals surface area (Å²) in [5.41, 5.74) is 3.51.